The summed E-state index contributed by atoms with van der Waals surface area (Å²) < 4.78 is 48.9. The first-order chi connectivity index (χ1) is 6.39. The number of nitrogens with two attached hydrogens (primary N) is 1. The molecular formula is C7H7F2NO3S. The molecule has 0 bridgehead atoms. The number of rotatable bonds is 3. The van der Waals surface area contributed by atoms with E-state index in [2.05, 4.69) is 4.74 Å². The van der Waals surface area contributed by atoms with E-state index in [0.717, 1.165) is 24.3 Å². The first-order valence-corrected chi connectivity index (χ1v) is 5.02. The highest BCUT2D eigenvalue weighted by Gasteiger charge is 2.08. The Morgan fingerprint density at radius 3 is 2.07 bits per heavy atom. The van der Waals surface area contributed by atoms with Gasteiger partial charge in [0.25, 0.3) is 0 Å². The molecule has 1 aromatic carbocycles. The Hall–Kier alpha value is -1.21. The van der Waals surface area contributed by atoms with E-state index in [1.807, 2.05) is 0 Å². The number of benzene rings is 1. The lowest BCUT2D eigenvalue weighted by atomic mass is 10.3. The van der Waals surface area contributed by atoms with Gasteiger partial charge in [0.2, 0.25) is 10.0 Å². The van der Waals surface area contributed by atoms with Crippen molar-refractivity contribution in [2.45, 2.75) is 11.5 Å². The molecule has 4 nitrogen and oxygen atoms in total. The van der Waals surface area contributed by atoms with E-state index in [1.54, 1.807) is 0 Å². The molecule has 0 amide bonds. The van der Waals surface area contributed by atoms with E-state index in [4.69, 9.17) is 5.14 Å². The molecule has 0 radical (unpaired) electrons. The Morgan fingerprint density at radius 2 is 1.71 bits per heavy atom. The lowest BCUT2D eigenvalue weighted by molar-refractivity contribution is -0.0498. The van der Waals surface area contributed by atoms with Crippen molar-refractivity contribution >= 4 is 10.0 Å². The molecule has 0 aliphatic carbocycles. The van der Waals surface area contributed by atoms with Crippen LogP contribution in [0, 0.1) is 0 Å². The Bertz CT molecular complexity index is 401. The molecule has 0 spiro atoms. The van der Waals surface area contributed by atoms with Gasteiger partial charge in [-0.15, -0.1) is 0 Å². The number of primary sulfonamides is 1. The van der Waals surface area contributed by atoms with Crippen LogP contribution in [-0.4, -0.2) is 15.0 Å². The Morgan fingerprint density at radius 1 is 1.21 bits per heavy atom. The van der Waals surface area contributed by atoms with Crippen LogP contribution in [0.4, 0.5) is 8.78 Å². The van der Waals surface area contributed by atoms with Crippen LogP contribution in [0.15, 0.2) is 29.2 Å². The van der Waals surface area contributed by atoms with Crippen molar-refractivity contribution in [2.24, 2.45) is 5.14 Å². The van der Waals surface area contributed by atoms with Gasteiger partial charge in [-0.1, -0.05) is 0 Å². The summed E-state index contributed by atoms with van der Waals surface area (Å²) in [6, 6.07) is 4.39. The van der Waals surface area contributed by atoms with Gasteiger partial charge in [0.1, 0.15) is 5.75 Å². The van der Waals surface area contributed by atoms with Crippen molar-refractivity contribution in [1.29, 1.82) is 0 Å². The Labute approximate surface area is 79.3 Å². The van der Waals surface area contributed by atoms with Gasteiger partial charge < -0.3 is 4.74 Å². The number of hydrogen-bond donors (Lipinski definition) is 1. The zero-order valence-corrected chi connectivity index (χ0v) is 7.67. The van der Waals surface area contributed by atoms with E-state index in [0.29, 0.717) is 0 Å². The average molecular weight is 223 g/mol. The van der Waals surface area contributed by atoms with E-state index >= 15 is 0 Å². The van der Waals surface area contributed by atoms with Crippen LogP contribution in [0.2, 0.25) is 0 Å². The van der Waals surface area contributed by atoms with Crippen molar-refractivity contribution in [3.05, 3.63) is 24.3 Å². The first kappa shape index (κ1) is 10.9. The van der Waals surface area contributed by atoms with E-state index in [1.165, 1.54) is 0 Å². The highest BCUT2D eigenvalue weighted by atomic mass is 32.2. The van der Waals surface area contributed by atoms with Crippen molar-refractivity contribution < 1.29 is 21.9 Å². The molecule has 7 heteroatoms. The molecule has 14 heavy (non-hydrogen) atoms. The predicted molar refractivity (Wildman–Crippen MR) is 44.4 cm³/mol. The van der Waals surface area contributed by atoms with E-state index in [-0.39, 0.29) is 10.6 Å². The van der Waals surface area contributed by atoms with Crippen molar-refractivity contribution in [1.82, 2.24) is 0 Å². The number of hydrogen-bond acceptors (Lipinski definition) is 3. The number of alkyl halides is 2. The molecule has 0 aliphatic heterocycles. The molecule has 0 heterocycles. The third-order valence-electron chi connectivity index (χ3n) is 1.38. The molecule has 0 atom stereocenters. The maximum absolute atomic E-state index is 11.7. The Balaban J connectivity index is 2.90. The SMILES string of the molecule is NS(=O)(=O)c1ccc(OC(F)F)cc1. The molecule has 0 fully saturated rings. The normalized spacial score (nSPS) is 11.7. The quantitative estimate of drug-likeness (QED) is 0.828. The minimum atomic E-state index is -3.79. The molecule has 0 saturated heterocycles. The van der Waals surface area contributed by atoms with Crippen LogP contribution < -0.4 is 9.88 Å². The zero-order valence-electron chi connectivity index (χ0n) is 6.85. The van der Waals surface area contributed by atoms with Crippen LogP contribution >= 0.6 is 0 Å². The van der Waals surface area contributed by atoms with Crippen molar-refractivity contribution in [2.75, 3.05) is 0 Å². The monoisotopic (exact) mass is 223 g/mol. The molecule has 2 N–H and O–H groups in total. The maximum Gasteiger partial charge on any atom is 0.387 e. The van der Waals surface area contributed by atoms with E-state index in [9.17, 15) is 17.2 Å². The fraction of sp³-hybridized carbons (Fsp3) is 0.143. The summed E-state index contributed by atoms with van der Waals surface area (Å²) in [6.45, 7) is -2.93. The van der Waals surface area contributed by atoms with E-state index < -0.39 is 16.6 Å². The summed E-state index contributed by atoms with van der Waals surface area (Å²) >= 11 is 0. The summed E-state index contributed by atoms with van der Waals surface area (Å²) in [6.07, 6.45) is 0. The van der Waals surface area contributed by atoms with Gasteiger partial charge in [0.05, 0.1) is 4.90 Å². The van der Waals surface area contributed by atoms with Crippen LogP contribution in [0.25, 0.3) is 0 Å². The minimum Gasteiger partial charge on any atom is -0.435 e. The molecule has 0 unspecified atom stereocenters. The van der Waals surface area contributed by atoms with Crippen LogP contribution in [0.3, 0.4) is 0 Å². The summed E-state index contributed by atoms with van der Waals surface area (Å²) in [5.74, 6) is -0.118. The lowest BCUT2D eigenvalue weighted by Crippen LogP contribution is -2.12. The second kappa shape index (κ2) is 3.89. The predicted octanol–water partition coefficient (Wildman–Crippen LogP) is 0.935. The number of sulfonamides is 1. The van der Waals surface area contributed by atoms with Gasteiger partial charge in [-0.25, -0.2) is 13.6 Å². The average Bonchev–Trinajstić information content (AvgIpc) is 2.02. The topological polar surface area (TPSA) is 69.4 Å². The van der Waals surface area contributed by atoms with Gasteiger partial charge >= 0.3 is 6.61 Å². The number of ether oxygens (including phenoxy) is 1. The minimum absolute atomic E-state index is 0.118. The highest BCUT2D eigenvalue weighted by Crippen LogP contribution is 2.16. The van der Waals surface area contributed by atoms with Crippen LogP contribution in [0.1, 0.15) is 0 Å². The molecule has 0 aliphatic rings. The van der Waals surface area contributed by atoms with Crippen LogP contribution in [-0.2, 0) is 10.0 Å². The summed E-state index contributed by atoms with van der Waals surface area (Å²) in [5.41, 5.74) is 0. The molecule has 1 aromatic rings. The largest absolute Gasteiger partial charge is 0.435 e. The molecular weight excluding hydrogens is 216 g/mol. The summed E-state index contributed by atoms with van der Waals surface area (Å²) in [7, 11) is -3.79. The standard InChI is InChI=1S/C7H7F2NO3S/c8-7(9)13-5-1-3-6(4-2-5)14(10,11)12/h1-4,7H,(H2,10,11,12). The molecule has 0 saturated carbocycles. The summed E-state index contributed by atoms with van der Waals surface area (Å²) in [4.78, 5) is -0.154. The highest BCUT2D eigenvalue weighted by molar-refractivity contribution is 7.89. The molecule has 1 rings (SSSR count). The smallest absolute Gasteiger partial charge is 0.387 e. The van der Waals surface area contributed by atoms with Crippen LogP contribution in [0.5, 0.6) is 5.75 Å². The van der Waals surface area contributed by atoms with Gasteiger partial charge in [0.15, 0.2) is 0 Å². The van der Waals surface area contributed by atoms with Gasteiger partial charge in [-0.2, -0.15) is 8.78 Å². The summed E-state index contributed by atoms with van der Waals surface area (Å²) in [5, 5.41) is 4.79. The lowest BCUT2D eigenvalue weighted by Gasteiger charge is -2.04. The second-order valence-electron chi connectivity index (χ2n) is 2.39. The first-order valence-electron chi connectivity index (χ1n) is 3.47. The molecule has 0 aromatic heterocycles. The third kappa shape index (κ3) is 2.93. The van der Waals surface area contributed by atoms with Crippen molar-refractivity contribution in [3.63, 3.8) is 0 Å². The van der Waals surface area contributed by atoms with Crippen molar-refractivity contribution in [3.8, 4) is 5.75 Å². The fourth-order valence-electron chi connectivity index (χ4n) is 0.811. The van der Waals surface area contributed by atoms with Gasteiger partial charge in [-0.05, 0) is 24.3 Å². The van der Waals surface area contributed by atoms with Gasteiger partial charge in [-0.3, -0.25) is 0 Å². The Kier molecular flexibility index (Phi) is 3.02. The number of halogens is 2. The fourth-order valence-corrected chi connectivity index (χ4v) is 1.33. The third-order valence-corrected chi connectivity index (χ3v) is 2.31. The molecule has 78 valence electrons. The van der Waals surface area contributed by atoms with Gasteiger partial charge in [0, 0.05) is 0 Å². The zero-order chi connectivity index (χ0) is 10.8. The second-order valence-corrected chi connectivity index (χ2v) is 3.96. The maximum atomic E-state index is 11.7.